The van der Waals surface area contributed by atoms with Gasteiger partial charge in [-0.3, -0.25) is 24.8 Å². The number of nitrogens with zero attached hydrogens (tertiary/aromatic N) is 1. The van der Waals surface area contributed by atoms with Crippen molar-refractivity contribution in [2.45, 2.75) is 76.9 Å². The number of amidine groups is 1. The highest BCUT2D eigenvalue weighted by Gasteiger charge is 2.36. The molecule has 0 saturated heterocycles. The quantitative estimate of drug-likeness (QED) is 0.0437. The lowest BCUT2D eigenvalue weighted by atomic mass is 9.83. The summed E-state index contributed by atoms with van der Waals surface area (Å²) in [5, 5.41) is 16.2. The van der Waals surface area contributed by atoms with Crippen LogP contribution in [0.5, 0.6) is 0 Å². The van der Waals surface area contributed by atoms with Crippen LogP contribution in [0, 0.1) is 17.2 Å². The fourth-order valence-corrected chi connectivity index (χ4v) is 5.64. The Kier molecular flexibility index (Phi) is 14.7. The van der Waals surface area contributed by atoms with Crippen LogP contribution in [0.2, 0.25) is 0 Å². The second-order valence-corrected chi connectivity index (χ2v) is 11.7. The molecule has 0 heterocycles. The van der Waals surface area contributed by atoms with E-state index in [4.69, 9.17) is 27.3 Å². The lowest BCUT2D eigenvalue weighted by Crippen LogP contribution is -2.57. The number of hydrogen-bond donors (Lipinski definition) is 7. The summed E-state index contributed by atoms with van der Waals surface area (Å²) in [5.74, 6) is -3.71. The zero-order chi connectivity index (χ0) is 34.2. The first-order chi connectivity index (χ1) is 22.6. The zero-order valence-corrected chi connectivity index (χ0v) is 27.0. The minimum absolute atomic E-state index is 0.0554. The number of hydrogen-bond acceptors (Lipinski definition) is 7. The summed E-state index contributed by atoms with van der Waals surface area (Å²) in [6.07, 6.45) is 4.94. The summed E-state index contributed by atoms with van der Waals surface area (Å²) in [6.45, 7) is 2.30. The van der Waals surface area contributed by atoms with Gasteiger partial charge in [0.25, 0.3) is 0 Å². The molecule has 1 saturated carbocycles. The largest absolute Gasteiger partial charge is 0.464 e. The molecule has 3 rings (SSSR count). The van der Waals surface area contributed by atoms with Crippen molar-refractivity contribution in [2.75, 3.05) is 13.2 Å². The van der Waals surface area contributed by atoms with E-state index in [1.165, 1.54) is 0 Å². The minimum atomic E-state index is -1.17. The summed E-state index contributed by atoms with van der Waals surface area (Å²) in [4.78, 5) is 58.2. The van der Waals surface area contributed by atoms with Gasteiger partial charge >= 0.3 is 5.97 Å². The van der Waals surface area contributed by atoms with Gasteiger partial charge in [-0.05, 0) is 56.1 Å². The van der Waals surface area contributed by atoms with Crippen molar-refractivity contribution in [3.63, 3.8) is 0 Å². The number of aliphatic imine (C=N–C) groups is 1. The predicted molar refractivity (Wildman–Crippen MR) is 180 cm³/mol. The van der Waals surface area contributed by atoms with Crippen LogP contribution in [0.15, 0.2) is 59.6 Å². The molecule has 47 heavy (non-hydrogen) atoms. The molecule has 254 valence electrons. The van der Waals surface area contributed by atoms with Gasteiger partial charge in [-0.15, -0.1) is 0 Å². The average Bonchev–Trinajstić information content (AvgIpc) is 3.07. The fraction of sp³-hybridized carbons (Fsp3) is 0.471. The van der Waals surface area contributed by atoms with Crippen molar-refractivity contribution >= 4 is 35.5 Å². The van der Waals surface area contributed by atoms with Gasteiger partial charge < -0.3 is 37.9 Å². The molecule has 0 aliphatic heterocycles. The Labute approximate surface area is 276 Å². The summed E-state index contributed by atoms with van der Waals surface area (Å²) in [5.41, 5.74) is 18.5. The van der Waals surface area contributed by atoms with Gasteiger partial charge in [0.15, 0.2) is 5.96 Å². The minimum Gasteiger partial charge on any atom is -0.464 e. The number of nitrogens with two attached hydrogens (primary N) is 3. The van der Waals surface area contributed by atoms with Gasteiger partial charge in [0.1, 0.15) is 23.8 Å². The van der Waals surface area contributed by atoms with E-state index in [2.05, 4.69) is 20.9 Å². The van der Waals surface area contributed by atoms with Crippen LogP contribution in [0.25, 0.3) is 0 Å². The topological polar surface area (TPSA) is 228 Å². The Bertz CT molecular complexity index is 1370. The number of rotatable bonds is 17. The second kappa shape index (κ2) is 18.9. The van der Waals surface area contributed by atoms with Gasteiger partial charge in [-0.25, -0.2) is 4.79 Å². The van der Waals surface area contributed by atoms with Crippen LogP contribution in [0.3, 0.4) is 0 Å². The van der Waals surface area contributed by atoms with Gasteiger partial charge in [-0.1, -0.05) is 73.9 Å². The highest BCUT2D eigenvalue weighted by Crippen LogP contribution is 2.27. The van der Waals surface area contributed by atoms with E-state index >= 15 is 0 Å². The molecule has 0 spiro atoms. The Hall–Kier alpha value is -4.94. The number of amides is 3. The number of nitrogen functional groups attached to an aromatic ring is 1. The molecule has 13 heteroatoms. The molecular formula is C34H48N8O5. The first-order valence-electron chi connectivity index (χ1n) is 16.2. The molecule has 3 amide bonds. The van der Waals surface area contributed by atoms with E-state index in [-0.39, 0.29) is 50.3 Å². The molecule has 1 aliphatic carbocycles. The van der Waals surface area contributed by atoms with Crippen LogP contribution in [0.1, 0.15) is 68.6 Å². The van der Waals surface area contributed by atoms with E-state index in [9.17, 15) is 19.2 Å². The third-order valence-corrected chi connectivity index (χ3v) is 8.18. The lowest BCUT2D eigenvalue weighted by Gasteiger charge is -2.32. The van der Waals surface area contributed by atoms with Gasteiger partial charge in [0.2, 0.25) is 17.7 Å². The molecule has 0 radical (unpaired) electrons. The molecule has 0 bridgehead atoms. The maximum atomic E-state index is 14.0. The molecule has 2 aromatic carbocycles. The molecule has 2 aromatic rings. The Balaban J connectivity index is 1.84. The van der Waals surface area contributed by atoms with Gasteiger partial charge in [-0.2, -0.15) is 0 Å². The highest BCUT2D eigenvalue weighted by molar-refractivity contribution is 6.02. The molecule has 1 unspecified atom stereocenters. The van der Waals surface area contributed by atoms with Gasteiger partial charge in [0.05, 0.1) is 6.61 Å². The van der Waals surface area contributed by atoms with E-state index in [0.29, 0.717) is 30.4 Å². The highest BCUT2D eigenvalue weighted by atomic mass is 16.5. The van der Waals surface area contributed by atoms with Crippen LogP contribution >= 0.6 is 0 Å². The monoisotopic (exact) mass is 648 g/mol. The number of esters is 1. The van der Waals surface area contributed by atoms with Crippen molar-refractivity contribution in [1.82, 2.24) is 16.0 Å². The molecule has 1 aliphatic rings. The fourth-order valence-electron chi connectivity index (χ4n) is 5.64. The number of benzene rings is 2. The van der Waals surface area contributed by atoms with Crippen LogP contribution in [-0.2, 0) is 36.9 Å². The van der Waals surface area contributed by atoms with Crippen LogP contribution < -0.4 is 33.2 Å². The van der Waals surface area contributed by atoms with Crippen molar-refractivity contribution in [2.24, 2.45) is 34.0 Å². The maximum Gasteiger partial charge on any atom is 0.328 e. The number of carbonyl (C=O) groups excluding carboxylic acids is 4. The molecular weight excluding hydrogens is 600 g/mol. The van der Waals surface area contributed by atoms with Crippen molar-refractivity contribution in [3.8, 4) is 0 Å². The lowest BCUT2D eigenvalue weighted by molar-refractivity contribution is -0.148. The number of nitrogens with one attached hydrogen (secondary N) is 4. The Morgan fingerprint density at radius 2 is 1.57 bits per heavy atom. The summed E-state index contributed by atoms with van der Waals surface area (Å²) in [6, 6.07) is 14.2. The zero-order valence-electron chi connectivity index (χ0n) is 27.0. The molecule has 3 atom stereocenters. The number of ether oxygens (including phenoxy) is 1. The van der Waals surface area contributed by atoms with E-state index in [1.807, 2.05) is 30.3 Å². The normalized spacial score (nSPS) is 14.9. The number of guanidine groups is 1. The third-order valence-electron chi connectivity index (χ3n) is 8.18. The van der Waals surface area contributed by atoms with Crippen LogP contribution in [-0.4, -0.2) is 60.7 Å². The summed E-state index contributed by atoms with van der Waals surface area (Å²) >= 11 is 0. The first-order valence-corrected chi connectivity index (χ1v) is 16.2. The van der Waals surface area contributed by atoms with Crippen molar-refractivity contribution < 1.29 is 23.9 Å². The third kappa shape index (κ3) is 12.1. The van der Waals surface area contributed by atoms with E-state index < -0.39 is 41.7 Å². The smallest absolute Gasteiger partial charge is 0.328 e. The molecule has 10 N–H and O–H groups in total. The molecule has 0 aromatic heterocycles. The second-order valence-electron chi connectivity index (χ2n) is 11.7. The van der Waals surface area contributed by atoms with Crippen molar-refractivity contribution in [3.05, 3.63) is 71.3 Å². The first kappa shape index (κ1) is 36.5. The SMILES string of the molecule is CCOC(=O)[C@H](CCCN=C(N)N)NC(=O)[C@@H](NC(=O)C(Cc1ccc(C(=N)N)cc1)C(=O)NCc1ccccc1)C1CCCCC1. The standard InChI is InChI=1S/C34H48N8O5/c1-2-47-33(46)27(14-9-19-39-34(37)38)41-32(45)28(24-12-7-4-8-13-24)42-31(44)26(20-22-15-17-25(18-16-22)29(35)36)30(43)40-21-23-10-5-3-6-11-23/h3,5-6,10-11,15-18,24,26-28H,2,4,7-9,12-14,19-21H2,1H3,(H3,35,36)(H,40,43)(H,41,45)(H,42,44)(H4,37,38,39)/t26?,27-,28-/m0/s1. The molecule has 1 fully saturated rings. The number of carbonyl (C=O) groups is 4. The summed E-state index contributed by atoms with van der Waals surface area (Å²) < 4.78 is 5.21. The Morgan fingerprint density at radius 3 is 2.19 bits per heavy atom. The van der Waals surface area contributed by atoms with E-state index in [0.717, 1.165) is 24.8 Å². The van der Waals surface area contributed by atoms with Crippen molar-refractivity contribution in [1.29, 1.82) is 5.41 Å². The van der Waals surface area contributed by atoms with Crippen LogP contribution in [0.4, 0.5) is 0 Å². The predicted octanol–water partition coefficient (Wildman–Crippen LogP) is 1.61. The van der Waals surface area contributed by atoms with Gasteiger partial charge in [0, 0.05) is 18.7 Å². The Morgan fingerprint density at radius 1 is 0.894 bits per heavy atom. The van der Waals surface area contributed by atoms with E-state index in [1.54, 1.807) is 31.2 Å². The average molecular weight is 649 g/mol. The molecule has 13 nitrogen and oxygen atoms in total. The summed E-state index contributed by atoms with van der Waals surface area (Å²) in [7, 11) is 0. The maximum absolute atomic E-state index is 14.0.